The molecule has 0 atom stereocenters. The van der Waals surface area contributed by atoms with E-state index < -0.39 is 5.97 Å². The topological polar surface area (TPSA) is 84.5 Å². The molecule has 0 aromatic heterocycles. The van der Waals surface area contributed by atoms with Crippen molar-refractivity contribution in [2.45, 2.75) is 25.7 Å². The fourth-order valence-electron chi connectivity index (χ4n) is 2.50. The molecule has 0 saturated carbocycles. The van der Waals surface area contributed by atoms with Crippen molar-refractivity contribution in [3.63, 3.8) is 0 Å². The van der Waals surface area contributed by atoms with E-state index in [1.807, 2.05) is 30.3 Å². The fraction of sp³-hybridized carbons (Fsp3) is 0.286. The molecule has 0 aliphatic carbocycles. The zero-order chi connectivity index (χ0) is 19.5. The van der Waals surface area contributed by atoms with Gasteiger partial charge >= 0.3 is 5.97 Å². The van der Waals surface area contributed by atoms with Crippen LogP contribution in [0, 0.1) is 0 Å². The molecule has 0 aliphatic rings. The number of carbonyl (C=O) groups is 3. The van der Waals surface area contributed by atoms with Crippen molar-refractivity contribution in [1.82, 2.24) is 5.32 Å². The number of esters is 1. The van der Waals surface area contributed by atoms with Crippen molar-refractivity contribution >= 4 is 23.5 Å². The molecule has 0 heterocycles. The van der Waals surface area contributed by atoms with Crippen LogP contribution in [0.25, 0.3) is 0 Å². The van der Waals surface area contributed by atoms with Crippen molar-refractivity contribution in [2.24, 2.45) is 0 Å². The second kappa shape index (κ2) is 10.8. The van der Waals surface area contributed by atoms with Gasteiger partial charge < -0.3 is 15.4 Å². The Morgan fingerprint density at radius 2 is 1.74 bits per heavy atom. The Bertz CT molecular complexity index is 775. The van der Waals surface area contributed by atoms with E-state index in [1.165, 1.54) is 5.56 Å². The average molecular weight is 368 g/mol. The Morgan fingerprint density at radius 3 is 2.48 bits per heavy atom. The highest BCUT2D eigenvalue weighted by molar-refractivity contribution is 5.97. The van der Waals surface area contributed by atoms with Crippen LogP contribution in [-0.2, 0) is 20.7 Å². The van der Waals surface area contributed by atoms with Crippen molar-refractivity contribution in [3.8, 4) is 0 Å². The lowest BCUT2D eigenvalue weighted by molar-refractivity contribution is -0.144. The van der Waals surface area contributed by atoms with Crippen LogP contribution in [0.1, 0.15) is 35.2 Å². The number of ether oxygens (including phenoxy) is 1. The first-order valence-corrected chi connectivity index (χ1v) is 8.90. The molecule has 2 aromatic carbocycles. The van der Waals surface area contributed by atoms with Crippen LogP contribution in [0.3, 0.4) is 0 Å². The van der Waals surface area contributed by atoms with Gasteiger partial charge in [0.15, 0.2) is 0 Å². The molecule has 27 heavy (non-hydrogen) atoms. The minimum Gasteiger partial charge on any atom is -0.466 e. The quantitative estimate of drug-likeness (QED) is 0.526. The predicted molar refractivity (Wildman–Crippen MR) is 103 cm³/mol. The van der Waals surface area contributed by atoms with E-state index in [0.29, 0.717) is 17.9 Å². The molecule has 6 nitrogen and oxygen atoms in total. The van der Waals surface area contributed by atoms with Crippen LogP contribution < -0.4 is 10.6 Å². The third-order valence-corrected chi connectivity index (χ3v) is 3.91. The molecule has 6 heteroatoms. The minimum atomic E-state index is -0.391. The number of hydrogen-bond acceptors (Lipinski definition) is 4. The fourth-order valence-corrected chi connectivity index (χ4v) is 2.50. The molecule has 0 spiro atoms. The maximum Gasteiger partial charge on any atom is 0.306 e. The van der Waals surface area contributed by atoms with Gasteiger partial charge in [-0.25, -0.2) is 0 Å². The number of rotatable bonds is 9. The summed E-state index contributed by atoms with van der Waals surface area (Å²) in [7, 11) is 1.54. The summed E-state index contributed by atoms with van der Waals surface area (Å²) >= 11 is 0. The first-order chi connectivity index (χ1) is 13.1. The molecule has 0 unspecified atom stereocenters. The summed E-state index contributed by atoms with van der Waals surface area (Å²) in [5.41, 5.74) is 2.16. The van der Waals surface area contributed by atoms with Crippen molar-refractivity contribution in [3.05, 3.63) is 65.7 Å². The van der Waals surface area contributed by atoms with Crippen LogP contribution in [-0.4, -0.2) is 31.4 Å². The maximum atomic E-state index is 12.0. The zero-order valence-corrected chi connectivity index (χ0v) is 15.4. The molecular formula is C21H24N2O4. The summed E-state index contributed by atoms with van der Waals surface area (Å²) in [5.74, 6) is -0.923. The summed E-state index contributed by atoms with van der Waals surface area (Å²) in [5, 5.41) is 5.20. The summed E-state index contributed by atoms with van der Waals surface area (Å²) in [4.78, 5) is 35.3. The van der Waals surface area contributed by atoms with Gasteiger partial charge in [-0.05, 0) is 36.6 Å². The van der Waals surface area contributed by atoms with Gasteiger partial charge in [-0.2, -0.15) is 0 Å². The van der Waals surface area contributed by atoms with E-state index in [1.54, 1.807) is 31.3 Å². The molecule has 0 fully saturated rings. The molecule has 2 rings (SSSR count). The Morgan fingerprint density at radius 1 is 0.963 bits per heavy atom. The average Bonchev–Trinajstić information content (AvgIpc) is 2.70. The molecule has 142 valence electrons. The van der Waals surface area contributed by atoms with E-state index >= 15 is 0 Å². The number of hydrogen-bond donors (Lipinski definition) is 2. The molecule has 0 saturated heterocycles. The number of nitrogens with one attached hydrogen (secondary N) is 2. The molecule has 2 aromatic rings. The van der Waals surface area contributed by atoms with E-state index in [4.69, 9.17) is 4.74 Å². The van der Waals surface area contributed by atoms with Crippen molar-refractivity contribution in [2.75, 3.05) is 19.0 Å². The number of anilines is 1. The molecule has 0 bridgehead atoms. The van der Waals surface area contributed by atoms with Crippen LogP contribution >= 0.6 is 0 Å². The molecule has 0 radical (unpaired) electrons. The lowest BCUT2D eigenvalue weighted by Gasteiger charge is -2.07. The number of amides is 2. The summed E-state index contributed by atoms with van der Waals surface area (Å²) in [6, 6.07) is 16.6. The van der Waals surface area contributed by atoms with Gasteiger partial charge in [0.05, 0.1) is 13.0 Å². The summed E-state index contributed by atoms with van der Waals surface area (Å²) in [6.45, 7) is 0.337. The van der Waals surface area contributed by atoms with Gasteiger partial charge in [0.2, 0.25) is 5.91 Å². The highest BCUT2D eigenvalue weighted by Gasteiger charge is 2.10. The number of benzene rings is 2. The SMILES string of the molecule is CNC(=O)c1cccc(NC(=O)CCC(=O)OCCCc2ccccc2)c1. The van der Waals surface area contributed by atoms with Gasteiger partial charge in [0, 0.05) is 24.7 Å². The van der Waals surface area contributed by atoms with Gasteiger partial charge in [-0.15, -0.1) is 0 Å². The molecular weight excluding hydrogens is 344 g/mol. The van der Waals surface area contributed by atoms with E-state index in [0.717, 1.165) is 12.8 Å². The second-order valence-corrected chi connectivity index (χ2v) is 6.02. The van der Waals surface area contributed by atoms with E-state index in [-0.39, 0.29) is 24.7 Å². The van der Waals surface area contributed by atoms with Crippen molar-refractivity contribution < 1.29 is 19.1 Å². The smallest absolute Gasteiger partial charge is 0.306 e. The highest BCUT2D eigenvalue weighted by atomic mass is 16.5. The van der Waals surface area contributed by atoms with Gasteiger partial charge in [-0.1, -0.05) is 36.4 Å². The standard InChI is InChI=1S/C21H24N2O4/c1-22-21(26)17-10-5-11-18(15-17)23-19(24)12-13-20(25)27-14-6-9-16-7-3-2-4-8-16/h2-5,7-8,10-11,15H,6,9,12-14H2,1H3,(H,22,26)(H,23,24). The van der Waals surface area contributed by atoms with Crippen LogP contribution in [0.15, 0.2) is 54.6 Å². The third-order valence-electron chi connectivity index (χ3n) is 3.91. The summed E-state index contributed by atoms with van der Waals surface area (Å²) < 4.78 is 5.16. The molecule has 0 aliphatic heterocycles. The Kier molecular flexibility index (Phi) is 8.03. The minimum absolute atomic E-state index is 0.0201. The van der Waals surface area contributed by atoms with E-state index in [9.17, 15) is 14.4 Å². The monoisotopic (exact) mass is 368 g/mol. The first-order valence-electron chi connectivity index (χ1n) is 8.90. The first kappa shape index (κ1) is 20.2. The maximum absolute atomic E-state index is 12.0. The van der Waals surface area contributed by atoms with Crippen LogP contribution in [0.4, 0.5) is 5.69 Å². The Balaban J connectivity index is 1.66. The van der Waals surface area contributed by atoms with Crippen molar-refractivity contribution in [1.29, 1.82) is 0 Å². The lowest BCUT2D eigenvalue weighted by atomic mass is 10.1. The highest BCUT2D eigenvalue weighted by Crippen LogP contribution is 2.11. The predicted octanol–water partition coefficient (Wildman–Crippen LogP) is 2.94. The Hall–Kier alpha value is -3.15. The summed E-state index contributed by atoms with van der Waals surface area (Å²) in [6.07, 6.45) is 1.64. The van der Waals surface area contributed by atoms with Gasteiger partial charge in [0.1, 0.15) is 0 Å². The molecule has 2 N–H and O–H groups in total. The largest absolute Gasteiger partial charge is 0.466 e. The lowest BCUT2D eigenvalue weighted by Crippen LogP contribution is -2.18. The second-order valence-electron chi connectivity index (χ2n) is 6.02. The Labute approximate surface area is 158 Å². The molecule has 2 amide bonds. The number of aryl methyl sites for hydroxylation is 1. The van der Waals surface area contributed by atoms with E-state index in [2.05, 4.69) is 10.6 Å². The zero-order valence-electron chi connectivity index (χ0n) is 15.4. The van der Waals surface area contributed by atoms with Gasteiger partial charge in [0.25, 0.3) is 5.91 Å². The van der Waals surface area contributed by atoms with Crippen LogP contribution in [0.2, 0.25) is 0 Å². The third kappa shape index (κ3) is 7.32. The van der Waals surface area contributed by atoms with Crippen LogP contribution in [0.5, 0.6) is 0 Å². The van der Waals surface area contributed by atoms with Gasteiger partial charge in [-0.3, -0.25) is 14.4 Å². The number of carbonyl (C=O) groups excluding carboxylic acids is 3. The normalized spacial score (nSPS) is 10.1.